The highest BCUT2D eigenvalue weighted by molar-refractivity contribution is 7.84. The lowest BCUT2D eigenvalue weighted by atomic mass is 10.3. The number of nitrogens with zero attached hydrogens (tertiary/aromatic N) is 1. The first-order chi connectivity index (χ1) is 8.11. The van der Waals surface area contributed by atoms with Crippen molar-refractivity contribution in [1.29, 1.82) is 0 Å². The molecule has 0 aliphatic carbocycles. The first kappa shape index (κ1) is 14.1. The summed E-state index contributed by atoms with van der Waals surface area (Å²) >= 11 is 0. The summed E-state index contributed by atoms with van der Waals surface area (Å²) in [6.07, 6.45) is 4.41. The van der Waals surface area contributed by atoms with Gasteiger partial charge in [-0.15, -0.1) is 0 Å². The number of hydrogen-bond acceptors (Lipinski definition) is 3. The highest BCUT2D eigenvalue weighted by Gasteiger charge is 2.04. The van der Waals surface area contributed by atoms with Gasteiger partial charge in [-0.3, -0.25) is 9.00 Å². The van der Waals surface area contributed by atoms with Crippen LogP contribution in [0.25, 0.3) is 0 Å². The molecule has 4 nitrogen and oxygen atoms in total. The summed E-state index contributed by atoms with van der Waals surface area (Å²) in [6.45, 7) is 4.25. The zero-order valence-corrected chi connectivity index (χ0v) is 11.2. The summed E-state index contributed by atoms with van der Waals surface area (Å²) < 4.78 is 12.8. The molecule has 1 rings (SSSR count). The normalized spacial score (nSPS) is 14.5. The Morgan fingerprint density at radius 3 is 2.82 bits per heavy atom. The number of hydrogen-bond donors (Lipinski definition) is 1. The van der Waals surface area contributed by atoms with Crippen LogP contribution in [-0.2, 0) is 17.3 Å². The number of nitrogens with one attached hydrogen (secondary N) is 1. The molecule has 0 radical (unpaired) electrons. The van der Waals surface area contributed by atoms with Gasteiger partial charge in [0.25, 0.3) is 5.56 Å². The van der Waals surface area contributed by atoms with E-state index in [1.165, 1.54) is 0 Å². The second kappa shape index (κ2) is 7.40. The molecule has 2 atom stereocenters. The fourth-order valence-electron chi connectivity index (χ4n) is 1.44. The average Bonchev–Trinajstić information content (AvgIpc) is 2.30. The highest BCUT2D eigenvalue weighted by atomic mass is 32.2. The molecule has 0 spiro atoms. The van der Waals surface area contributed by atoms with Crippen molar-refractivity contribution in [2.75, 3.05) is 19.3 Å². The van der Waals surface area contributed by atoms with E-state index in [0.29, 0.717) is 6.54 Å². The summed E-state index contributed by atoms with van der Waals surface area (Å²) in [6, 6.07) is 5.15. The monoisotopic (exact) mass is 256 g/mol. The van der Waals surface area contributed by atoms with Crippen LogP contribution in [0.4, 0.5) is 0 Å². The smallest absolute Gasteiger partial charge is 0.250 e. The molecule has 2 unspecified atom stereocenters. The molecule has 1 N–H and O–H groups in total. The molecule has 0 bridgehead atoms. The summed E-state index contributed by atoms with van der Waals surface area (Å²) in [5.74, 6) is 0. The van der Waals surface area contributed by atoms with Crippen molar-refractivity contribution in [2.45, 2.75) is 25.1 Å². The first-order valence-electron chi connectivity index (χ1n) is 5.79. The molecule has 1 aromatic heterocycles. The van der Waals surface area contributed by atoms with Gasteiger partial charge in [-0.05, 0) is 19.0 Å². The van der Waals surface area contributed by atoms with Crippen molar-refractivity contribution in [1.82, 2.24) is 9.88 Å². The largest absolute Gasteiger partial charge is 0.315 e. The quantitative estimate of drug-likeness (QED) is 0.727. The Hall–Kier alpha value is -0.940. The predicted octanol–water partition coefficient (Wildman–Crippen LogP) is 0.595. The molecule has 5 heteroatoms. The first-order valence-corrected chi connectivity index (χ1v) is 7.42. The van der Waals surface area contributed by atoms with E-state index >= 15 is 0 Å². The molecule has 0 saturated heterocycles. The Morgan fingerprint density at radius 2 is 2.18 bits per heavy atom. The zero-order valence-electron chi connectivity index (χ0n) is 10.4. The van der Waals surface area contributed by atoms with Crippen molar-refractivity contribution < 1.29 is 4.21 Å². The van der Waals surface area contributed by atoms with E-state index < -0.39 is 10.8 Å². The molecule has 0 saturated carbocycles. The lowest BCUT2D eigenvalue weighted by Gasteiger charge is -2.09. The Bertz CT molecular complexity index is 417. The van der Waals surface area contributed by atoms with Crippen LogP contribution >= 0.6 is 0 Å². The van der Waals surface area contributed by atoms with E-state index in [0.717, 1.165) is 19.5 Å². The van der Waals surface area contributed by atoms with E-state index in [4.69, 9.17) is 0 Å². The minimum absolute atomic E-state index is 0.0253. The van der Waals surface area contributed by atoms with E-state index in [2.05, 4.69) is 5.32 Å². The van der Waals surface area contributed by atoms with E-state index in [-0.39, 0.29) is 10.8 Å². The SMILES string of the molecule is CC(CCNCCn1ccccc1=O)S(C)=O. The molecule has 96 valence electrons. The second-order valence-corrected chi connectivity index (χ2v) is 5.88. The summed E-state index contributed by atoms with van der Waals surface area (Å²) in [7, 11) is -0.751. The van der Waals surface area contributed by atoms with Gasteiger partial charge < -0.3 is 9.88 Å². The fraction of sp³-hybridized carbons (Fsp3) is 0.583. The Labute approximate surface area is 105 Å². The molecule has 1 heterocycles. The Balaban J connectivity index is 2.19. The maximum atomic E-state index is 11.4. The van der Waals surface area contributed by atoms with Crippen LogP contribution in [0.15, 0.2) is 29.2 Å². The van der Waals surface area contributed by atoms with Gasteiger partial charge >= 0.3 is 0 Å². The predicted molar refractivity (Wildman–Crippen MR) is 71.7 cm³/mol. The lowest BCUT2D eigenvalue weighted by molar-refractivity contribution is 0.569. The molecule has 0 amide bonds. The molecule has 0 aromatic carbocycles. The summed E-state index contributed by atoms with van der Waals surface area (Å²) in [5, 5.41) is 3.48. The average molecular weight is 256 g/mol. The topological polar surface area (TPSA) is 51.1 Å². The molecular formula is C12H20N2O2S. The van der Waals surface area contributed by atoms with Crippen molar-refractivity contribution in [3.63, 3.8) is 0 Å². The van der Waals surface area contributed by atoms with Gasteiger partial charge in [0.05, 0.1) is 0 Å². The minimum atomic E-state index is -0.751. The standard InChI is InChI=1S/C12H20N2O2S/c1-11(17(2)16)6-7-13-8-10-14-9-4-3-5-12(14)15/h3-5,9,11,13H,6-8,10H2,1-2H3. The van der Waals surface area contributed by atoms with Gasteiger partial charge in [0.15, 0.2) is 0 Å². The van der Waals surface area contributed by atoms with Gasteiger partial charge in [0.1, 0.15) is 0 Å². The van der Waals surface area contributed by atoms with Gasteiger partial charge in [0.2, 0.25) is 0 Å². The van der Waals surface area contributed by atoms with Gasteiger partial charge in [0, 0.05) is 47.7 Å². The maximum absolute atomic E-state index is 11.4. The molecule has 1 aromatic rings. The molecule has 0 aliphatic heterocycles. The van der Waals surface area contributed by atoms with E-state index in [9.17, 15) is 9.00 Å². The van der Waals surface area contributed by atoms with Crippen LogP contribution in [-0.4, -0.2) is 33.4 Å². The number of pyridine rings is 1. The van der Waals surface area contributed by atoms with Crippen molar-refractivity contribution in [3.8, 4) is 0 Å². The van der Waals surface area contributed by atoms with Crippen molar-refractivity contribution in [2.24, 2.45) is 0 Å². The van der Waals surface area contributed by atoms with Gasteiger partial charge in [-0.25, -0.2) is 0 Å². The third kappa shape index (κ3) is 5.28. The van der Waals surface area contributed by atoms with Crippen LogP contribution in [0.5, 0.6) is 0 Å². The molecule has 0 aliphatic rings. The third-order valence-electron chi connectivity index (χ3n) is 2.72. The van der Waals surface area contributed by atoms with Crippen LogP contribution in [0.2, 0.25) is 0 Å². The molecule has 0 fully saturated rings. The summed E-state index contributed by atoms with van der Waals surface area (Å²) in [5.41, 5.74) is 0.0253. The van der Waals surface area contributed by atoms with E-state index in [1.807, 2.05) is 13.0 Å². The number of rotatable bonds is 7. The summed E-state index contributed by atoms with van der Waals surface area (Å²) in [4.78, 5) is 11.4. The van der Waals surface area contributed by atoms with Crippen molar-refractivity contribution >= 4 is 10.8 Å². The van der Waals surface area contributed by atoms with Crippen molar-refractivity contribution in [3.05, 3.63) is 34.7 Å². The lowest BCUT2D eigenvalue weighted by Crippen LogP contribution is -2.28. The Morgan fingerprint density at radius 1 is 1.41 bits per heavy atom. The minimum Gasteiger partial charge on any atom is -0.315 e. The highest BCUT2D eigenvalue weighted by Crippen LogP contribution is 1.96. The van der Waals surface area contributed by atoms with Crippen LogP contribution in [0.1, 0.15) is 13.3 Å². The molecule has 17 heavy (non-hydrogen) atoms. The second-order valence-electron chi connectivity index (χ2n) is 4.08. The third-order valence-corrected chi connectivity index (χ3v) is 4.09. The van der Waals surface area contributed by atoms with E-state index in [1.54, 1.807) is 29.2 Å². The van der Waals surface area contributed by atoms with Gasteiger partial charge in [-0.2, -0.15) is 0 Å². The maximum Gasteiger partial charge on any atom is 0.250 e. The van der Waals surface area contributed by atoms with Crippen LogP contribution in [0, 0.1) is 0 Å². The number of aromatic nitrogens is 1. The zero-order chi connectivity index (χ0) is 12.7. The fourth-order valence-corrected chi connectivity index (χ4v) is 1.89. The molecular weight excluding hydrogens is 236 g/mol. The van der Waals surface area contributed by atoms with Crippen LogP contribution < -0.4 is 10.9 Å². The van der Waals surface area contributed by atoms with Crippen LogP contribution in [0.3, 0.4) is 0 Å². The van der Waals surface area contributed by atoms with Gasteiger partial charge in [-0.1, -0.05) is 13.0 Å². The Kier molecular flexibility index (Phi) is 6.15.